The zero-order valence-corrected chi connectivity index (χ0v) is 14.8. The van der Waals surface area contributed by atoms with Crippen molar-refractivity contribution in [3.05, 3.63) is 44.9 Å². The molecule has 2 saturated heterocycles. The Morgan fingerprint density at radius 3 is 3.07 bits per heavy atom. The number of nitrogens with zero attached hydrogens (tertiary/aromatic N) is 1. The lowest BCUT2D eigenvalue weighted by molar-refractivity contribution is -0.146. The predicted molar refractivity (Wildman–Crippen MR) is 94.2 cm³/mol. The molecule has 9 heteroatoms. The van der Waals surface area contributed by atoms with Crippen LogP contribution in [-0.4, -0.2) is 47.4 Å². The maximum atomic E-state index is 13.6. The van der Waals surface area contributed by atoms with E-state index in [0.29, 0.717) is 13.2 Å². The molecule has 2 aliphatic heterocycles. The van der Waals surface area contributed by atoms with Gasteiger partial charge >= 0.3 is 11.7 Å². The number of carbonyl (C=O) groups is 1. The van der Waals surface area contributed by atoms with Crippen LogP contribution in [0.25, 0.3) is 10.9 Å². The highest BCUT2D eigenvalue weighted by molar-refractivity contribution is 5.78. The van der Waals surface area contributed by atoms with E-state index in [9.17, 15) is 18.8 Å². The van der Waals surface area contributed by atoms with Crippen molar-refractivity contribution < 1.29 is 18.7 Å². The number of nitrogens with one attached hydrogen (secondary N) is 2. The standard InChI is InChI=1S/C18H20FN3O5/c1-26-16(24)14(7-18-5-4-11(21-18)8-27-9-18)22-15(23)12-6-10(19)2-3-13(12)20-17(22)25/h2-3,6,11,14,21H,4-5,7-9H2,1H3,(H,20,25). The fourth-order valence-corrected chi connectivity index (χ4v) is 4.15. The number of esters is 1. The molecule has 3 atom stereocenters. The van der Waals surface area contributed by atoms with Crippen molar-refractivity contribution in [2.75, 3.05) is 20.3 Å². The number of H-pyrrole nitrogens is 1. The van der Waals surface area contributed by atoms with E-state index in [0.717, 1.165) is 29.5 Å². The van der Waals surface area contributed by atoms with Gasteiger partial charge in [0.2, 0.25) is 0 Å². The molecule has 2 bridgehead atoms. The van der Waals surface area contributed by atoms with Gasteiger partial charge in [-0.25, -0.2) is 18.5 Å². The molecular weight excluding hydrogens is 357 g/mol. The predicted octanol–water partition coefficient (Wildman–Crippen LogP) is 0.454. The lowest BCUT2D eigenvalue weighted by Crippen LogP contribution is -2.55. The van der Waals surface area contributed by atoms with Crippen molar-refractivity contribution in [1.29, 1.82) is 0 Å². The van der Waals surface area contributed by atoms with Crippen molar-refractivity contribution in [2.24, 2.45) is 0 Å². The summed E-state index contributed by atoms with van der Waals surface area (Å²) in [5, 5.41) is 3.45. The molecule has 1 aromatic heterocycles. The second kappa shape index (κ2) is 6.58. The second-order valence-electron chi connectivity index (χ2n) is 7.21. The van der Waals surface area contributed by atoms with Crippen molar-refractivity contribution in [2.45, 2.75) is 36.9 Å². The molecular formula is C18H20FN3O5. The summed E-state index contributed by atoms with van der Waals surface area (Å²) in [4.78, 5) is 40.6. The minimum atomic E-state index is -1.15. The number of methoxy groups -OCH3 is 1. The zero-order valence-electron chi connectivity index (χ0n) is 14.8. The highest BCUT2D eigenvalue weighted by Crippen LogP contribution is 2.35. The van der Waals surface area contributed by atoms with Crippen molar-refractivity contribution in [3.63, 3.8) is 0 Å². The van der Waals surface area contributed by atoms with Gasteiger partial charge in [-0.1, -0.05) is 0 Å². The van der Waals surface area contributed by atoms with E-state index in [-0.39, 0.29) is 23.4 Å². The first kappa shape index (κ1) is 17.9. The fourth-order valence-electron chi connectivity index (χ4n) is 4.15. The Kier molecular flexibility index (Phi) is 4.35. The molecule has 2 fully saturated rings. The number of carbonyl (C=O) groups excluding carboxylic acids is 1. The molecule has 2 aliphatic rings. The van der Waals surface area contributed by atoms with Gasteiger partial charge in [-0.3, -0.25) is 4.79 Å². The number of halogens is 1. The third kappa shape index (κ3) is 3.06. The SMILES string of the molecule is COC(=O)C(CC12CCC(COC1)N2)n1c(=O)[nH]c2ccc(F)cc2c1=O. The summed E-state index contributed by atoms with van der Waals surface area (Å²) in [5.74, 6) is -1.31. The summed E-state index contributed by atoms with van der Waals surface area (Å²) in [6.45, 7) is 0.978. The van der Waals surface area contributed by atoms with Crippen LogP contribution < -0.4 is 16.6 Å². The Morgan fingerprint density at radius 2 is 2.30 bits per heavy atom. The average Bonchev–Trinajstić information content (AvgIpc) is 2.94. The number of hydrogen-bond acceptors (Lipinski definition) is 6. The van der Waals surface area contributed by atoms with E-state index in [1.807, 2.05) is 0 Å². The van der Waals surface area contributed by atoms with Crippen LogP contribution in [0.4, 0.5) is 4.39 Å². The topological polar surface area (TPSA) is 102 Å². The first-order chi connectivity index (χ1) is 12.9. The minimum Gasteiger partial charge on any atom is -0.467 e. The summed E-state index contributed by atoms with van der Waals surface area (Å²) >= 11 is 0. The number of aromatic amines is 1. The van der Waals surface area contributed by atoms with Gasteiger partial charge in [0.15, 0.2) is 0 Å². The number of morpholine rings is 1. The third-order valence-corrected chi connectivity index (χ3v) is 5.44. The van der Waals surface area contributed by atoms with Crippen LogP contribution in [0.2, 0.25) is 0 Å². The molecule has 2 N–H and O–H groups in total. The molecule has 3 unspecified atom stereocenters. The van der Waals surface area contributed by atoms with Crippen molar-refractivity contribution >= 4 is 16.9 Å². The van der Waals surface area contributed by atoms with Gasteiger partial charge < -0.3 is 19.8 Å². The normalized spacial score (nSPS) is 25.5. The van der Waals surface area contributed by atoms with Gasteiger partial charge in [-0.15, -0.1) is 0 Å². The highest BCUT2D eigenvalue weighted by atomic mass is 19.1. The lowest BCUT2D eigenvalue weighted by atomic mass is 9.90. The van der Waals surface area contributed by atoms with E-state index >= 15 is 0 Å². The second-order valence-corrected chi connectivity index (χ2v) is 7.21. The Labute approximate surface area is 153 Å². The molecule has 2 aromatic rings. The van der Waals surface area contributed by atoms with E-state index in [1.54, 1.807) is 0 Å². The summed E-state index contributed by atoms with van der Waals surface area (Å²) in [7, 11) is 1.20. The van der Waals surface area contributed by atoms with Crippen LogP contribution in [0.3, 0.4) is 0 Å². The van der Waals surface area contributed by atoms with Crippen LogP contribution in [0.1, 0.15) is 25.3 Å². The molecule has 0 amide bonds. The summed E-state index contributed by atoms with van der Waals surface area (Å²) < 4.78 is 24.9. The summed E-state index contributed by atoms with van der Waals surface area (Å²) in [5.41, 5.74) is -1.77. The average molecular weight is 377 g/mol. The van der Waals surface area contributed by atoms with Crippen LogP contribution in [0.5, 0.6) is 0 Å². The number of ether oxygens (including phenoxy) is 2. The highest BCUT2D eigenvalue weighted by Gasteiger charge is 2.46. The van der Waals surface area contributed by atoms with Gasteiger partial charge in [0.25, 0.3) is 5.56 Å². The number of rotatable bonds is 4. The van der Waals surface area contributed by atoms with Gasteiger partial charge in [0.1, 0.15) is 11.9 Å². The van der Waals surface area contributed by atoms with Gasteiger partial charge in [0, 0.05) is 11.6 Å². The lowest BCUT2D eigenvalue weighted by Gasteiger charge is -2.36. The van der Waals surface area contributed by atoms with Crippen LogP contribution in [0.15, 0.2) is 27.8 Å². The maximum Gasteiger partial charge on any atom is 0.329 e. The monoisotopic (exact) mass is 377 g/mol. The first-order valence-corrected chi connectivity index (χ1v) is 8.80. The van der Waals surface area contributed by atoms with E-state index in [4.69, 9.17) is 9.47 Å². The first-order valence-electron chi connectivity index (χ1n) is 8.80. The Hall–Kier alpha value is -2.52. The van der Waals surface area contributed by atoms with Crippen molar-refractivity contribution in [3.8, 4) is 0 Å². The summed E-state index contributed by atoms with van der Waals surface area (Å²) in [6, 6.07) is 2.57. The third-order valence-electron chi connectivity index (χ3n) is 5.44. The molecule has 144 valence electrons. The minimum absolute atomic E-state index is 0.00171. The molecule has 3 heterocycles. The molecule has 27 heavy (non-hydrogen) atoms. The summed E-state index contributed by atoms with van der Waals surface area (Å²) in [6.07, 6.45) is 1.82. The molecule has 1 aromatic carbocycles. The number of hydrogen-bond donors (Lipinski definition) is 2. The molecule has 4 rings (SSSR count). The number of aromatic nitrogens is 2. The van der Waals surface area contributed by atoms with Gasteiger partial charge in [-0.05, 0) is 37.5 Å². The van der Waals surface area contributed by atoms with E-state index < -0.39 is 34.6 Å². The molecule has 0 spiro atoms. The number of fused-ring (bicyclic) bond motifs is 3. The zero-order chi connectivity index (χ0) is 19.2. The van der Waals surface area contributed by atoms with E-state index in [2.05, 4.69) is 10.3 Å². The molecule has 8 nitrogen and oxygen atoms in total. The smallest absolute Gasteiger partial charge is 0.329 e. The quantitative estimate of drug-likeness (QED) is 0.751. The maximum absolute atomic E-state index is 13.6. The van der Waals surface area contributed by atoms with Gasteiger partial charge in [0.05, 0.1) is 31.2 Å². The van der Waals surface area contributed by atoms with Gasteiger partial charge in [-0.2, -0.15) is 0 Å². The number of benzene rings is 1. The van der Waals surface area contributed by atoms with E-state index in [1.165, 1.54) is 13.2 Å². The fraction of sp³-hybridized carbons (Fsp3) is 0.500. The van der Waals surface area contributed by atoms with Crippen LogP contribution in [0, 0.1) is 5.82 Å². The largest absolute Gasteiger partial charge is 0.467 e. The van der Waals surface area contributed by atoms with Crippen LogP contribution in [-0.2, 0) is 14.3 Å². The van der Waals surface area contributed by atoms with Crippen molar-refractivity contribution in [1.82, 2.24) is 14.9 Å². The molecule has 0 radical (unpaired) electrons. The Bertz CT molecular complexity index is 1010. The Balaban J connectivity index is 1.82. The Morgan fingerprint density at radius 1 is 1.48 bits per heavy atom. The molecule has 0 aliphatic carbocycles. The molecule has 0 saturated carbocycles. The van der Waals surface area contributed by atoms with Crippen LogP contribution >= 0.6 is 0 Å².